The molecule has 0 unspecified atom stereocenters. The number of hydrogen-bond acceptors (Lipinski definition) is 6. The van der Waals surface area contributed by atoms with Gasteiger partial charge in [0.1, 0.15) is 5.71 Å². The third-order valence-electron chi connectivity index (χ3n) is 2.82. The SMILES string of the molecule is CC1=CC(=O)C(C(C)C)=C/C1=N/OC(=O)c1ccno1. The highest BCUT2D eigenvalue weighted by atomic mass is 16.7. The summed E-state index contributed by atoms with van der Waals surface area (Å²) in [6, 6.07) is 1.38. The maximum Gasteiger partial charge on any atom is 0.403 e. The van der Waals surface area contributed by atoms with Crippen molar-refractivity contribution in [2.45, 2.75) is 20.8 Å². The Hall–Kier alpha value is -2.50. The number of hydrogen-bond donors (Lipinski definition) is 0. The molecule has 1 aliphatic carbocycles. The van der Waals surface area contributed by atoms with Crippen LogP contribution in [-0.4, -0.2) is 22.6 Å². The van der Waals surface area contributed by atoms with Gasteiger partial charge in [0.2, 0.25) is 5.76 Å². The van der Waals surface area contributed by atoms with E-state index in [4.69, 9.17) is 4.84 Å². The predicted octanol–water partition coefficient (Wildman–Crippen LogP) is 2.30. The summed E-state index contributed by atoms with van der Waals surface area (Å²) in [6.07, 6.45) is 4.46. The average molecular weight is 274 g/mol. The van der Waals surface area contributed by atoms with Gasteiger partial charge in [0.05, 0.1) is 6.20 Å². The second-order valence-electron chi connectivity index (χ2n) is 4.68. The normalized spacial score (nSPS) is 17.2. The Balaban J connectivity index is 2.18. The topological polar surface area (TPSA) is 81.8 Å². The second kappa shape index (κ2) is 5.64. The lowest BCUT2D eigenvalue weighted by atomic mass is 9.90. The van der Waals surface area contributed by atoms with Crippen LogP contribution in [0.4, 0.5) is 0 Å². The molecule has 6 nitrogen and oxygen atoms in total. The molecule has 0 spiro atoms. The maximum absolute atomic E-state index is 11.8. The monoisotopic (exact) mass is 274 g/mol. The van der Waals surface area contributed by atoms with Gasteiger partial charge in [-0.1, -0.05) is 24.2 Å². The molecule has 20 heavy (non-hydrogen) atoms. The molecular formula is C14H14N2O4. The maximum atomic E-state index is 11.8. The van der Waals surface area contributed by atoms with Crippen molar-refractivity contribution in [1.29, 1.82) is 0 Å². The Morgan fingerprint density at radius 1 is 1.40 bits per heavy atom. The molecule has 1 aromatic rings. The minimum atomic E-state index is -0.737. The molecule has 104 valence electrons. The van der Waals surface area contributed by atoms with Crippen molar-refractivity contribution in [3.05, 3.63) is 41.3 Å². The molecule has 1 aromatic heterocycles. The van der Waals surface area contributed by atoms with Gasteiger partial charge < -0.3 is 9.36 Å². The summed E-state index contributed by atoms with van der Waals surface area (Å²) >= 11 is 0. The first-order valence-corrected chi connectivity index (χ1v) is 6.13. The van der Waals surface area contributed by atoms with E-state index < -0.39 is 5.97 Å². The van der Waals surface area contributed by atoms with Gasteiger partial charge in [0, 0.05) is 11.6 Å². The van der Waals surface area contributed by atoms with Gasteiger partial charge in [-0.2, -0.15) is 0 Å². The lowest BCUT2D eigenvalue weighted by Gasteiger charge is -2.14. The summed E-state index contributed by atoms with van der Waals surface area (Å²) in [5.41, 5.74) is 1.72. The first kappa shape index (κ1) is 13.9. The van der Waals surface area contributed by atoms with Crippen molar-refractivity contribution in [2.24, 2.45) is 11.1 Å². The van der Waals surface area contributed by atoms with Crippen molar-refractivity contribution in [3.8, 4) is 0 Å². The molecule has 0 bridgehead atoms. The molecule has 0 saturated heterocycles. The highest BCUT2D eigenvalue weighted by molar-refractivity contribution is 6.21. The van der Waals surface area contributed by atoms with Crippen molar-refractivity contribution in [2.75, 3.05) is 0 Å². The average Bonchev–Trinajstić information content (AvgIpc) is 2.90. The Kier molecular flexibility index (Phi) is 3.93. The molecule has 1 aliphatic rings. The van der Waals surface area contributed by atoms with Crippen LogP contribution in [0, 0.1) is 5.92 Å². The van der Waals surface area contributed by atoms with E-state index in [0.29, 0.717) is 16.9 Å². The summed E-state index contributed by atoms with van der Waals surface area (Å²) < 4.78 is 4.66. The second-order valence-corrected chi connectivity index (χ2v) is 4.68. The fourth-order valence-electron chi connectivity index (χ4n) is 1.69. The zero-order valence-electron chi connectivity index (χ0n) is 11.4. The van der Waals surface area contributed by atoms with E-state index in [9.17, 15) is 9.59 Å². The fourth-order valence-corrected chi connectivity index (χ4v) is 1.69. The molecule has 2 rings (SSSR count). The zero-order valence-corrected chi connectivity index (χ0v) is 11.4. The number of carbonyl (C=O) groups is 2. The van der Waals surface area contributed by atoms with Gasteiger partial charge in [0.15, 0.2) is 5.78 Å². The van der Waals surface area contributed by atoms with Crippen molar-refractivity contribution < 1.29 is 18.9 Å². The molecule has 0 amide bonds. The van der Waals surface area contributed by atoms with Gasteiger partial charge in [-0.25, -0.2) is 4.79 Å². The van der Waals surface area contributed by atoms with Crippen LogP contribution < -0.4 is 0 Å². The number of ketones is 1. The summed E-state index contributed by atoms with van der Waals surface area (Å²) in [5, 5.41) is 7.18. The number of nitrogens with zero attached hydrogens (tertiary/aromatic N) is 2. The number of aromatic nitrogens is 1. The minimum Gasteiger partial charge on any atom is -0.349 e. The smallest absolute Gasteiger partial charge is 0.349 e. The van der Waals surface area contributed by atoms with E-state index in [0.717, 1.165) is 0 Å². The minimum absolute atomic E-state index is 0.0315. The molecule has 0 N–H and O–H groups in total. The Labute approximate surface area is 115 Å². The lowest BCUT2D eigenvalue weighted by Crippen LogP contribution is -2.16. The summed E-state index contributed by atoms with van der Waals surface area (Å²) in [5.74, 6) is -0.741. The first-order valence-electron chi connectivity index (χ1n) is 6.13. The predicted molar refractivity (Wildman–Crippen MR) is 71.0 cm³/mol. The number of oxime groups is 1. The van der Waals surface area contributed by atoms with Gasteiger partial charge in [-0.05, 0) is 30.6 Å². The Morgan fingerprint density at radius 2 is 2.15 bits per heavy atom. The van der Waals surface area contributed by atoms with E-state index in [1.165, 1.54) is 18.3 Å². The molecule has 0 aromatic carbocycles. The van der Waals surface area contributed by atoms with Gasteiger partial charge in [-0.15, -0.1) is 0 Å². The summed E-state index contributed by atoms with van der Waals surface area (Å²) in [4.78, 5) is 28.1. The van der Waals surface area contributed by atoms with Crippen LogP contribution in [0.15, 0.2) is 45.2 Å². The Bertz CT molecular complexity index is 622. The number of allylic oxidation sites excluding steroid dienone is 4. The van der Waals surface area contributed by atoms with Crippen molar-refractivity contribution in [1.82, 2.24) is 5.16 Å². The molecule has 0 fully saturated rings. The molecule has 1 heterocycles. The van der Waals surface area contributed by atoms with E-state index in [-0.39, 0.29) is 17.5 Å². The molecule has 0 aliphatic heterocycles. The van der Waals surface area contributed by atoms with Crippen LogP contribution in [0.3, 0.4) is 0 Å². The third-order valence-corrected chi connectivity index (χ3v) is 2.82. The molecule has 0 radical (unpaired) electrons. The van der Waals surface area contributed by atoms with E-state index in [2.05, 4.69) is 14.8 Å². The summed E-state index contributed by atoms with van der Waals surface area (Å²) in [6.45, 7) is 5.55. The van der Waals surface area contributed by atoms with Crippen molar-refractivity contribution >= 4 is 17.5 Å². The van der Waals surface area contributed by atoms with Gasteiger partial charge >= 0.3 is 5.97 Å². The van der Waals surface area contributed by atoms with Crippen molar-refractivity contribution in [3.63, 3.8) is 0 Å². The molecular weight excluding hydrogens is 260 g/mol. The lowest BCUT2D eigenvalue weighted by molar-refractivity contribution is -0.111. The number of rotatable bonds is 3. The van der Waals surface area contributed by atoms with E-state index >= 15 is 0 Å². The standard InChI is InChI=1S/C14H14N2O4/c1-8(2)10-7-11(9(3)6-12(10)17)16-20-14(18)13-4-5-15-19-13/h4-8H,1-3H3/b16-11-. The van der Waals surface area contributed by atoms with Gasteiger partial charge in [0.25, 0.3) is 0 Å². The van der Waals surface area contributed by atoms with Crippen LogP contribution in [0.5, 0.6) is 0 Å². The van der Waals surface area contributed by atoms with Crippen LogP contribution in [-0.2, 0) is 9.63 Å². The molecule has 0 atom stereocenters. The zero-order chi connectivity index (χ0) is 14.7. The van der Waals surface area contributed by atoms with Crippen LogP contribution in [0.25, 0.3) is 0 Å². The Morgan fingerprint density at radius 3 is 2.75 bits per heavy atom. The van der Waals surface area contributed by atoms with E-state index in [1.54, 1.807) is 13.0 Å². The summed E-state index contributed by atoms with van der Waals surface area (Å²) in [7, 11) is 0. The van der Waals surface area contributed by atoms with Gasteiger partial charge in [-0.3, -0.25) is 4.79 Å². The first-order chi connectivity index (χ1) is 9.49. The highest BCUT2D eigenvalue weighted by Gasteiger charge is 2.20. The fraction of sp³-hybridized carbons (Fsp3) is 0.286. The quantitative estimate of drug-likeness (QED) is 0.480. The third kappa shape index (κ3) is 2.90. The number of carbonyl (C=O) groups excluding carboxylic acids is 2. The van der Waals surface area contributed by atoms with Crippen LogP contribution in [0.1, 0.15) is 31.3 Å². The molecule has 6 heteroatoms. The highest BCUT2D eigenvalue weighted by Crippen LogP contribution is 2.19. The largest absolute Gasteiger partial charge is 0.403 e. The van der Waals surface area contributed by atoms with E-state index in [1.807, 2.05) is 13.8 Å². The molecule has 0 saturated carbocycles. The van der Waals surface area contributed by atoms with Crippen LogP contribution in [0.2, 0.25) is 0 Å². The van der Waals surface area contributed by atoms with Crippen LogP contribution >= 0.6 is 0 Å².